The number of nitrogens with zero attached hydrogens (tertiary/aromatic N) is 1. The minimum Gasteiger partial charge on any atom is -0.371 e. The molecule has 4 heteroatoms. The fourth-order valence-corrected chi connectivity index (χ4v) is 3.05. The van der Waals surface area contributed by atoms with Gasteiger partial charge in [0.15, 0.2) is 0 Å². The number of hydrogen-bond donors (Lipinski definition) is 0. The summed E-state index contributed by atoms with van der Waals surface area (Å²) in [6.45, 7) is 1.70. The molecule has 2 nitrogen and oxygen atoms in total. The van der Waals surface area contributed by atoms with Crippen LogP contribution in [0.1, 0.15) is 18.4 Å². The maximum Gasteiger partial charge on any atom is 0.129 e. The zero-order valence-electron chi connectivity index (χ0n) is 9.53. The van der Waals surface area contributed by atoms with Crippen LogP contribution in [0.2, 0.25) is 0 Å². The van der Waals surface area contributed by atoms with Crippen molar-refractivity contribution in [2.75, 3.05) is 18.0 Å². The van der Waals surface area contributed by atoms with Gasteiger partial charge in [0.1, 0.15) is 5.82 Å². The third kappa shape index (κ3) is 2.02. The van der Waals surface area contributed by atoms with Crippen molar-refractivity contribution in [1.82, 2.24) is 0 Å². The van der Waals surface area contributed by atoms with Gasteiger partial charge in [0.05, 0.1) is 18.1 Å². The predicted octanol–water partition coefficient (Wildman–Crippen LogP) is 2.93. The Morgan fingerprint density at radius 3 is 2.65 bits per heavy atom. The third-order valence-electron chi connectivity index (χ3n) is 3.61. The molecule has 2 aliphatic heterocycles. The number of morpholine rings is 1. The molecule has 0 radical (unpaired) electrons. The Morgan fingerprint density at radius 2 is 2.00 bits per heavy atom. The monoisotopic (exact) mass is 255 g/mol. The van der Waals surface area contributed by atoms with Crippen molar-refractivity contribution in [2.24, 2.45) is 0 Å². The molecular formula is C13H15ClFNO. The van der Waals surface area contributed by atoms with Crippen molar-refractivity contribution in [3.8, 4) is 0 Å². The summed E-state index contributed by atoms with van der Waals surface area (Å²) in [6.07, 6.45) is 2.85. The fourth-order valence-electron chi connectivity index (χ4n) is 2.79. The lowest BCUT2D eigenvalue weighted by Gasteiger charge is -2.35. The molecule has 2 bridgehead atoms. The molecular weight excluding hydrogens is 241 g/mol. The summed E-state index contributed by atoms with van der Waals surface area (Å²) in [5, 5.41) is 0. The zero-order valence-corrected chi connectivity index (χ0v) is 10.3. The molecule has 17 heavy (non-hydrogen) atoms. The Balaban J connectivity index is 1.91. The average molecular weight is 256 g/mol. The van der Waals surface area contributed by atoms with Crippen LogP contribution in [-0.4, -0.2) is 25.3 Å². The number of ether oxygens (including phenoxy) is 1. The molecule has 2 aliphatic rings. The molecule has 2 fully saturated rings. The summed E-state index contributed by atoms with van der Waals surface area (Å²) < 4.78 is 19.5. The Kier molecular flexibility index (Phi) is 2.97. The van der Waals surface area contributed by atoms with Gasteiger partial charge in [-0.25, -0.2) is 4.39 Å². The van der Waals surface area contributed by atoms with Crippen LogP contribution in [0.4, 0.5) is 10.1 Å². The quantitative estimate of drug-likeness (QED) is 0.754. The summed E-state index contributed by atoms with van der Waals surface area (Å²) in [5.74, 6) is 0.00524. The van der Waals surface area contributed by atoms with Crippen molar-refractivity contribution in [1.29, 1.82) is 0 Å². The van der Waals surface area contributed by atoms with Gasteiger partial charge in [0.25, 0.3) is 0 Å². The topological polar surface area (TPSA) is 12.5 Å². The number of benzene rings is 1. The molecule has 2 saturated heterocycles. The van der Waals surface area contributed by atoms with Crippen molar-refractivity contribution < 1.29 is 9.13 Å². The molecule has 2 heterocycles. The third-order valence-corrected chi connectivity index (χ3v) is 3.88. The number of rotatable bonds is 2. The lowest BCUT2D eigenvalue weighted by molar-refractivity contribution is 0.0304. The van der Waals surface area contributed by atoms with E-state index in [1.807, 2.05) is 6.07 Å². The summed E-state index contributed by atoms with van der Waals surface area (Å²) in [6, 6.07) is 5.17. The van der Waals surface area contributed by atoms with Crippen LogP contribution in [0.25, 0.3) is 0 Å². The van der Waals surface area contributed by atoms with Crippen molar-refractivity contribution in [3.63, 3.8) is 0 Å². The van der Waals surface area contributed by atoms with Gasteiger partial charge in [-0.1, -0.05) is 6.07 Å². The first kappa shape index (κ1) is 11.3. The van der Waals surface area contributed by atoms with E-state index in [1.165, 1.54) is 6.07 Å². The Morgan fingerprint density at radius 1 is 1.29 bits per heavy atom. The molecule has 0 aliphatic carbocycles. The van der Waals surface area contributed by atoms with Crippen molar-refractivity contribution >= 4 is 17.3 Å². The SMILES string of the molecule is Fc1cccc(N2CC3CCC(C2)O3)c1CCl. The molecule has 0 saturated carbocycles. The van der Waals surface area contributed by atoms with Gasteiger partial charge < -0.3 is 9.64 Å². The molecule has 0 aromatic heterocycles. The largest absolute Gasteiger partial charge is 0.371 e. The van der Waals surface area contributed by atoms with Crippen LogP contribution >= 0.6 is 11.6 Å². The van der Waals surface area contributed by atoms with Crippen LogP contribution in [0.15, 0.2) is 18.2 Å². The zero-order chi connectivity index (χ0) is 11.8. The molecule has 0 N–H and O–H groups in total. The highest BCUT2D eigenvalue weighted by molar-refractivity contribution is 6.17. The van der Waals surface area contributed by atoms with Gasteiger partial charge in [-0.15, -0.1) is 11.6 Å². The van der Waals surface area contributed by atoms with Gasteiger partial charge >= 0.3 is 0 Å². The first-order chi connectivity index (χ1) is 8.28. The van der Waals surface area contributed by atoms with Gasteiger partial charge in [-0.3, -0.25) is 0 Å². The molecule has 1 aromatic rings. The number of fused-ring (bicyclic) bond motifs is 2. The first-order valence-corrected chi connectivity index (χ1v) is 6.55. The van der Waals surface area contributed by atoms with Crippen molar-refractivity contribution in [2.45, 2.75) is 30.9 Å². The van der Waals surface area contributed by atoms with E-state index in [0.717, 1.165) is 31.6 Å². The van der Waals surface area contributed by atoms with E-state index in [9.17, 15) is 4.39 Å². The highest BCUT2D eigenvalue weighted by Gasteiger charge is 2.34. The molecule has 3 rings (SSSR count). The molecule has 2 atom stereocenters. The standard InChI is InChI=1S/C13H15ClFNO/c14-6-11-12(15)2-1-3-13(11)16-7-9-4-5-10(8-16)17-9/h1-3,9-10H,4-8H2. The van der Waals surface area contributed by atoms with Gasteiger partial charge in [0.2, 0.25) is 0 Å². The minimum atomic E-state index is -0.212. The Bertz CT molecular complexity index is 414. The van der Waals surface area contributed by atoms with E-state index in [0.29, 0.717) is 17.8 Å². The van der Waals surface area contributed by atoms with Crippen LogP contribution in [0, 0.1) is 5.82 Å². The number of alkyl halides is 1. The van der Waals surface area contributed by atoms with Gasteiger partial charge in [-0.05, 0) is 25.0 Å². The average Bonchev–Trinajstić information content (AvgIpc) is 2.68. The second kappa shape index (κ2) is 4.46. The molecule has 92 valence electrons. The smallest absolute Gasteiger partial charge is 0.129 e. The van der Waals surface area contributed by atoms with Gasteiger partial charge in [-0.2, -0.15) is 0 Å². The molecule has 0 spiro atoms. The molecule has 2 unspecified atom stereocenters. The highest BCUT2D eigenvalue weighted by Crippen LogP contribution is 2.32. The van der Waals surface area contributed by atoms with Crippen LogP contribution in [-0.2, 0) is 10.6 Å². The summed E-state index contributed by atoms with van der Waals surface area (Å²) in [5.41, 5.74) is 1.54. The number of hydrogen-bond acceptors (Lipinski definition) is 2. The van der Waals surface area contributed by atoms with E-state index >= 15 is 0 Å². The van der Waals surface area contributed by atoms with Gasteiger partial charge in [0, 0.05) is 24.3 Å². The highest BCUT2D eigenvalue weighted by atomic mass is 35.5. The lowest BCUT2D eigenvalue weighted by atomic mass is 10.1. The summed E-state index contributed by atoms with van der Waals surface area (Å²) in [7, 11) is 0. The van der Waals surface area contributed by atoms with E-state index in [4.69, 9.17) is 16.3 Å². The first-order valence-electron chi connectivity index (χ1n) is 6.01. The van der Waals surface area contributed by atoms with E-state index in [-0.39, 0.29) is 11.7 Å². The molecule has 1 aromatic carbocycles. The number of anilines is 1. The maximum absolute atomic E-state index is 13.7. The van der Waals surface area contributed by atoms with Crippen molar-refractivity contribution in [3.05, 3.63) is 29.6 Å². The van der Waals surface area contributed by atoms with E-state index in [2.05, 4.69) is 4.90 Å². The molecule has 0 amide bonds. The lowest BCUT2D eigenvalue weighted by Crippen LogP contribution is -2.43. The summed E-state index contributed by atoms with van der Waals surface area (Å²) >= 11 is 5.85. The fraction of sp³-hybridized carbons (Fsp3) is 0.538. The number of halogens is 2. The normalized spacial score (nSPS) is 27.5. The van der Waals surface area contributed by atoms with Crippen LogP contribution < -0.4 is 4.90 Å². The second-order valence-corrected chi connectivity index (χ2v) is 5.00. The maximum atomic E-state index is 13.7. The van der Waals surface area contributed by atoms with Crippen LogP contribution in [0.3, 0.4) is 0 Å². The van der Waals surface area contributed by atoms with E-state index < -0.39 is 0 Å². The van der Waals surface area contributed by atoms with E-state index in [1.54, 1.807) is 6.07 Å². The Labute approximate surface area is 105 Å². The second-order valence-electron chi connectivity index (χ2n) is 4.73. The minimum absolute atomic E-state index is 0.212. The Hall–Kier alpha value is -0.800. The summed E-state index contributed by atoms with van der Waals surface area (Å²) in [4.78, 5) is 2.21. The van der Waals surface area contributed by atoms with Crippen LogP contribution in [0.5, 0.6) is 0 Å². The predicted molar refractivity (Wildman–Crippen MR) is 66.1 cm³/mol.